The predicted octanol–water partition coefficient (Wildman–Crippen LogP) is 6.84. The van der Waals surface area contributed by atoms with E-state index < -0.39 is 7.26 Å². The van der Waals surface area contributed by atoms with E-state index in [2.05, 4.69) is 27.7 Å². The minimum Gasteiger partial charge on any atom is -0.153 e. The van der Waals surface area contributed by atoms with E-state index in [0.29, 0.717) is 0 Å². The summed E-state index contributed by atoms with van der Waals surface area (Å²) in [5.74, 6) is 0. The highest BCUT2D eigenvalue weighted by atomic mass is 79.9. The molecule has 0 heterocycles. The van der Waals surface area contributed by atoms with Crippen LogP contribution in [0.15, 0.2) is 0 Å². The Hall–Kier alpha value is 1.34. The van der Waals surface area contributed by atoms with Crippen molar-refractivity contribution in [2.75, 3.05) is 24.6 Å². The normalized spacial score (nSPS) is 10.7. The summed E-state index contributed by atoms with van der Waals surface area (Å²) in [7, 11) is -0.562. The van der Waals surface area contributed by atoms with Crippen molar-refractivity contribution in [3.8, 4) is 0 Å². The summed E-state index contributed by atoms with van der Waals surface area (Å²) in [6.45, 7) is 9.42. The highest BCUT2D eigenvalue weighted by molar-refractivity contribution is 8.93. The average molecular weight is 374 g/mol. The first-order valence-corrected chi connectivity index (χ1v) is 10.6. The number of hydrogen-bond donors (Lipinski definition) is 0. The second kappa shape index (κ2) is 17.4. The molecule has 0 aromatic rings. The Kier molecular flexibility index (Phi) is 23.2. The number of halogens is 1. The van der Waals surface area contributed by atoms with Crippen LogP contribution in [-0.4, -0.2) is 24.6 Å². The summed E-state index contributed by atoms with van der Waals surface area (Å²) in [4.78, 5) is 0. The van der Waals surface area contributed by atoms with E-state index in [4.69, 9.17) is 0 Å². The predicted molar refractivity (Wildman–Crippen MR) is 107 cm³/mol. The molecule has 0 aliphatic rings. The first-order chi connectivity index (χ1) is 8.24. The lowest BCUT2D eigenvalue weighted by Gasteiger charge is -2.28. The van der Waals surface area contributed by atoms with E-state index in [0.717, 1.165) is 0 Å². The van der Waals surface area contributed by atoms with Crippen molar-refractivity contribution in [3.63, 3.8) is 0 Å². The lowest BCUT2D eigenvalue weighted by molar-refractivity contribution is 0.814. The van der Waals surface area contributed by atoms with Crippen LogP contribution < -0.4 is 0 Å². The van der Waals surface area contributed by atoms with E-state index in [1.807, 2.05) is 0 Å². The first-order valence-electron chi connectivity index (χ1n) is 8.09. The second-order valence-corrected chi connectivity index (χ2v) is 10.1. The van der Waals surface area contributed by atoms with Gasteiger partial charge in [-0.2, -0.15) is 9.90 Å². The van der Waals surface area contributed by atoms with Gasteiger partial charge in [-0.3, -0.25) is 0 Å². The van der Waals surface area contributed by atoms with Gasteiger partial charge >= 0.3 is 0 Å². The molecule has 0 aliphatic heterocycles. The van der Waals surface area contributed by atoms with Crippen LogP contribution in [0.1, 0.15) is 79.1 Å². The maximum atomic E-state index is 2.36. The van der Waals surface area contributed by atoms with Gasteiger partial charge in [0.25, 0.3) is 0 Å². The third kappa shape index (κ3) is 12.8. The molecule has 120 valence electrons. The molecule has 0 N–H and O–H groups in total. The van der Waals surface area contributed by atoms with Gasteiger partial charge in [0.1, 0.15) is 0 Å². The number of unbranched alkanes of at least 4 members (excludes halogenated alkanes) is 4. The average Bonchev–Trinajstić information content (AvgIpc) is 2.37. The quantitative estimate of drug-likeness (QED) is 0.328. The van der Waals surface area contributed by atoms with E-state index >= 15 is 0 Å². The zero-order chi connectivity index (χ0) is 13.0. The molecule has 0 radical (unpaired) electrons. The lowest BCUT2D eigenvalue weighted by Crippen LogP contribution is -2.12. The Bertz CT molecular complexity index is 125. The largest absolute Gasteiger partial charge is 0.153 e. The van der Waals surface area contributed by atoms with Crippen LogP contribution in [0.2, 0.25) is 0 Å². The van der Waals surface area contributed by atoms with Crippen LogP contribution in [0.5, 0.6) is 0 Å². The van der Waals surface area contributed by atoms with Crippen molar-refractivity contribution in [2.45, 2.75) is 79.1 Å². The number of rotatable bonds is 12. The van der Waals surface area contributed by atoms with Gasteiger partial charge in [0.05, 0.1) is 24.6 Å². The Labute approximate surface area is 138 Å². The van der Waals surface area contributed by atoms with Gasteiger partial charge in [0.15, 0.2) is 0 Å². The zero-order valence-electron chi connectivity index (χ0n) is 14.0. The molecular formula is C16H40BrP2+. The van der Waals surface area contributed by atoms with Crippen LogP contribution in [0, 0.1) is 0 Å². The van der Waals surface area contributed by atoms with Crippen molar-refractivity contribution < 1.29 is 0 Å². The molecule has 0 aliphatic carbocycles. The van der Waals surface area contributed by atoms with Crippen LogP contribution >= 0.6 is 34.1 Å². The molecule has 0 fully saturated rings. The smallest absolute Gasteiger partial charge is 0.0594 e. The molecule has 3 heteroatoms. The Morgan fingerprint density at radius 2 is 0.737 bits per heavy atom. The zero-order valence-corrected chi connectivity index (χ0v) is 18.1. The Morgan fingerprint density at radius 3 is 0.895 bits per heavy atom. The van der Waals surface area contributed by atoms with E-state index in [-0.39, 0.29) is 26.9 Å². The fourth-order valence-electron chi connectivity index (χ4n) is 2.64. The second-order valence-electron chi connectivity index (χ2n) is 5.65. The van der Waals surface area contributed by atoms with Gasteiger partial charge in [0.2, 0.25) is 0 Å². The Morgan fingerprint density at radius 1 is 0.526 bits per heavy atom. The summed E-state index contributed by atoms with van der Waals surface area (Å²) in [5.41, 5.74) is 0. The molecule has 0 aromatic carbocycles. The molecular weight excluding hydrogens is 334 g/mol. The molecule has 0 aromatic heterocycles. The van der Waals surface area contributed by atoms with Crippen LogP contribution in [0.3, 0.4) is 0 Å². The topological polar surface area (TPSA) is 0 Å². The van der Waals surface area contributed by atoms with Gasteiger partial charge < -0.3 is 0 Å². The molecule has 0 rings (SSSR count). The van der Waals surface area contributed by atoms with Crippen LogP contribution in [0.25, 0.3) is 0 Å². The first kappa shape index (κ1) is 25.3. The molecule has 0 saturated carbocycles. The van der Waals surface area contributed by atoms with E-state index in [9.17, 15) is 0 Å². The summed E-state index contributed by atoms with van der Waals surface area (Å²) in [5, 5.41) is 0. The summed E-state index contributed by atoms with van der Waals surface area (Å²) in [6, 6.07) is 0. The summed E-state index contributed by atoms with van der Waals surface area (Å²) in [6.07, 6.45) is 17.9. The molecule has 0 amide bonds. The van der Waals surface area contributed by atoms with Crippen molar-refractivity contribution >= 4 is 34.1 Å². The SMILES string of the molecule is Br.CCCC[P+](CCCC)(CCCC)CCCC.P. The fraction of sp³-hybridized carbons (Fsp3) is 1.00. The minimum atomic E-state index is -0.562. The molecule has 1 atom stereocenters. The standard InChI is InChI=1S/C16H36P.BrH.H3P/c1-5-9-13-17(14-10-6-2,15-11-7-3)16-12-8-4;;/h5-16H2,1-4H3;1H;1H3/q+1;;. The summed E-state index contributed by atoms with van der Waals surface area (Å²) >= 11 is 0. The van der Waals surface area contributed by atoms with Gasteiger partial charge in [-0.1, -0.05) is 53.4 Å². The van der Waals surface area contributed by atoms with Gasteiger partial charge in [0, 0.05) is 7.26 Å². The fourth-order valence-corrected chi connectivity index (χ4v) is 7.93. The monoisotopic (exact) mass is 373 g/mol. The molecule has 1 unspecified atom stereocenters. The van der Waals surface area contributed by atoms with Gasteiger partial charge in [-0.15, -0.1) is 17.0 Å². The van der Waals surface area contributed by atoms with Crippen molar-refractivity contribution in [3.05, 3.63) is 0 Å². The lowest BCUT2D eigenvalue weighted by atomic mass is 10.4. The minimum absolute atomic E-state index is 0. The molecule has 0 spiro atoms. The van der Waals surface area contributed by atoms with Crippen LogP contribution in [-0.2, 0) is 0 Å². The molecule has 0 saturated heterocycles. The van der Waals surface area contributed by atoms with Gasteiger partial charge in [-0.05, 0) is 25.7 Å². The maximum Gasteiger partial charge on any atom is 0.0594 e. The number of hydrogen-bond acceptors (Lipinski definition) is 0. The highest BCUT2D eigenvalue weighted by Gasteiger charge is 2.34. The third-order valence-corrected chi connectivity index (χ3v) is 9.00. The highest BCUT2D eigenvalue weighted by Crippen LogP contribution is 2.61. The van der Waals surface area contributed by atoms with Gasteiger partial charge in [-0.25, -0.2) is 0 Å². The van der Waals surface area contributed by atoms with Crippen molar-refractivity contribution in [1.29, 1.82) is 0 Å². The maximum absolute atomic E-state index is 2.36. The van der Waals surface area contributed by atoms with Crippen molar-refractivity contribution in [1.82, 2.24) is 0 Å². The third-order valence-electron chi connectivity index (χ3n) is 3.94. The molecule has 0 bridgehead atoms. The molecule has 19 heavy (non-hydrogen) atoms. The van der Waals surface area contributed by atoms with Crippen LogP contribution in [0.4, 0.5) is 0 Å². The van der Waals surface area contributed by atoms with E-state index in [1.165, 1.54) is 51.4 Å². The molecule has 0 nitrogen and oxygen atoms in total. The van der Waals surface area contributed by atoms with Crippen molar-refractivity contribution in [2.24, 2.45) is 0 Å². The van der Waals surface area contributed by atoms with E-state index in [1.54, 1.807) is 24.6 Å². The summed E-state index contributed by atoms with van der Waals surface area (Å²) < 4.78 is 0. The Balaban J connectivity index is -0.00000128.